The molecule has 88 valence electrons. The highest BCUT2D eigenvalue weighted by Crippen LogP contribution is 2.26. The zero-order valence-corrected chi connectivity index (χ0v) is 9.67. The maximum Gasteiger partial charge on any atom is 0.410 e. The minimum Gasteiger partial charge on any atom is -0.443 e. The van der Waals surface area contributed by atoms with Crippen LogP contribution < -0.4 is 0 Å². The molecule has 0 radical (unpaired) electrons. The summed E-state index contributed by atoms with van der Waals surface area (Å²) in [6.07, 6.45) is -0.371. The van der Waals surface area contributed by atoms with E-state index in [0.717, 1.165) is 5.56 Å². The van der Waals surface area contributed by atoms with E-state index in [1.165, 1.54) is 0 Å². The molecular weight excluding hydrogens is 216 g/mol. The van der Waals surface area contributed by atoms with Crippen LogP contribution in [0.25, 0.3) is 0 Å². The first-order valence-corrected chi connectivity index (χ1v) is 5.61. The summed E-state index contributed by atoms with van der Waals surface area (Å²) in [5.41, 5.74) is 1.07. The molecule has 0 saturated carbocycles. The van der Waals surface area contributed by atoms with E-state index < -0.39 is 0 Å². The second-order valence-corrected chi connectivity index (χ2v) is 4.11. The van der Waals surface area contributed by atoms with E-state index in [9.17, 15) is 4.79 Å². The van der Waals surface area contributed by atoms with Gasteiger partial charge in [0.2, 0.25) is 0 Å². The van der Waals surface area contributed by atoms with Crippen molar-refractivity contribution >= 4 is 6.09 Å². The van der Waals surface area contributed by atoms with Crippen LogP contribution in [0.5, 0.6) is 0 Å². The molecule has 0 aromatic heterocycles. The fourth-order valence-corrected chi connectivity index (χ4v) is 1.98. The van der Waals surface area contributed by atoms with Crippen molar-refractivity contribution in [2.24, 2.45) is 0 Å². The summed E-state index contributed by atoms with van der Waals surface area (Å²) in [7, 11) is 0. The fraction of sp³-hybridized carbons (Fsp3) is 0.385. The molecule has 1 aliphatic rings. The standard InChI is InChI=1S/C13H14N2O2/c1-10(11-5-3-2-4-6-11)15-9-12(7-8-14)17-13(15)16/h2-6,10,12H,7,9H2,1H3. The van der Waals surface area contributed by atoms with Crippen molar-refractivity contribution in [1.29, 1.82) is 5.26 Å². The van der Waals surface area contributed by atoms with E-state index >= 15 is 0 Å². The predicted octanol–water partition coefficient (Wildman–Crippen LogP) is 2.48. The molecule has 1 fully saturated rings. The van der Waals surface area contributed by atoms with Crippen LogP contribution in [0, 0.1) is 11.3 Å². The smallest absolute Gasteiger partial charge is 0.410 e. The lowest BCUT2D eigenvalue weighted by Crippen LogP contribution is -2.28. The van der Waals surface area contributed by atoms with Gasteiger partial charge in [0, 0.05) is 0 Å². The number of nitrogens with zero attached hydrogens (tertiary/aromatic N) is 2. The van der Waals surface area contributed by atoms with Crippen LogP contribution in [0.1, 0.15) is 24.9 Å². The summed E-state index contributed by atoms with van der Waals surface area (Å²) >= 11 is 0. The molecular formula is C13H14N2O2. The van der Waals surface area contributed by atoms with Gasteiger partial charge in [-0.2, -0.15) is 5.26 Å². The van der Waals surface area contributed by atoms with Gasteiger partial charge in [0.15, 0.2) is 0 Å². The molecule has 1 amide bonds. The Bertz CT molecular complexity index is 438. The Balaban J connectivity index is 2.09. The van der Waals surface area contributed by atoms with E-state index in [0.29, 0.717) is 6.54 Å². The Morgan fingerprint density at radius 1 is 1.53 bits per heavy atom. The molecule has 0 N–H and O–H groups in total. The third-order valence-electron chi connectivity index (χ3n) is 2.97. The SMILES string of the molecule is CC(c1ccccc1)N1CC(CC#N)OC1=O. The third-order valence-corrected chi connectivity index (χ3v) is 2.97. The van der Waals surface area contributed by atoms with Gasteiger partial charge in [-0.1, -0.05) is 30.3 Å². The highest BCUT2D eigenvalue weighted by atomic mass is 16.6. The molecule has 2 rings (SSSR count). The van der Waals surface area contributed by atoms with Crippen molar-refractivity contribution in [2.45, 2.75) is 25.5 Å². The van der Waals surface area contributed by atoms with E-state index in [-0.39, 0.29) is 24.7 Å². The first kappa shape index (κ1) is 11.5. The molecule has 1 aromatic carbocycles. The molecule has 0 aliphatic carbocycles. The Kier molecular flexibility index (Phi) is 3.29. The summed E-state index contributed by atoms with van der Waals surface area (Å²) in [6, 6.07) is 11.8. The number of carbonyl (C=O) groups excluding carboxylic acids is 1. The third kappa shape index (κ3) is 2.39. The summed E-state index contributed by atoms with van der Waals surface area (Å²) in [6.45, 7) is 2.45. The number of carbonyl (C=O) groups is 1. The first-order valence-electron chi connectivity index (χ1n) is 5.61. The Morgan fingerprint density at radius 2 is 2.24 bits per heavy atom. The lowest BCUT2D eigenvalue weighted by molar-refractivity contribution is 0.130. The predicted molar refractivity (Wildman–Crippen MR) is 62.1 cm³/mol. The largest absolute Gasteiger partial charge is 0.443 e. The van der Waals surface area contributed by atoms with Crippen LogP contribution in [-0.4, -0.2) is 23.6 Å². The Morgan fingerprint density at radius 3 is 2.88 bits per heavy atom. The normalized spacial score (nSPS) is 20.8. The van der Waals surface area contributed by atoms with E-state index in [1.54, 1.807) is 4.90 Å². The monoisotopic (exact) mass is 230 g/mol. The van der Waals surface area contributed by atoms with Crippen molar-refractivity contribution in [3.63, 3.8) is 0 Å². The molecule has 1 aliphatic heterocycles. The van der Waals surface area contributed by atoms with Crippen LogP contribution in [0.3, 0.4) is 0 Å². The van der Waals surface area contributed by atoms with Gasteiger partial charge in [0.05, 0.1) is 25.1 Å². The number of nitriles is 1. The number of benzene rings is 1. The molecule has 0 spiro atoms. The molecule has 17 heavy (non-hydrogen) atoms. The molecule has 4 nitrogen and oxygen atoms in total. The molecule has 0 bridgehead atoms. The number of ether oxygens (including phenoxy) is 1. The van der Waals surface area contributed by atoms with Crippen molar-refractivity contribution in [3.8, 4) is 6.07 Å². The molecule has 4 heteroatoms. The van der Waals surface area contributed by atoms with Crippen molar-refractivity contribution in [3.05, 3.63) is 35.9 Å². The van der Waals surface area contributed by atoms with Crippen LogP contribution >= 0.6 is 0 Å². The fourth-order valence-electron chi connectivity index (χ4n) is 1.98. The second-order valence-electron chi connectivity index (χ2n) is 4.11. The zero-order valence-electron chi connectivity index (χ0n) is 9.67. The first-order chi connectivity index (χ1) is 8.22. The number of hydrogen-bond donors (Lipinski definition) is 0. The van der Waals surface area contributed by atoms with Gasteiger partial charge in [0.1, 0.15) is 6.10 Å². The summed E-state index contributed by atoms with van der Waals surface area (Å²) in [4.78, 5) is 13.3. The highest BCUT2D eigenvalue weighted by Gasteiger charge is 2.34. The lowest BCUT2D eigenvalue weighted by Gasteiger charge is -2.22. The summed E-state index contributed by atoms with van der Waals surface area (Å²) in [5.74, 6) is 0. The molecule has 2 unspecified atom stereocenters. The maximum atomic E-state index is 11.7. The Hall–Kier alpha value is -2.02. The van der Waals surface area contributed by atoms with Crippen LogP contribution in [0.2, 0.25) is 0 Å². The van der Waals surface area contributed by atoms with Crippen molar-refractivity contribution in [2.75, 3.05) is 6.54 Å². The molecule has 2 atom stereocenters. The van der Waals surface area contributed by atoms with E-state index in [4.69, 9.17) is 10.00 Å². The second kappa shape index (κ2) is 4.88. The quantitative estimate of drug-likeness (QED) is 0.801. The molecule has 1 saturated heterocycles. The van der Waals surface area contributed by atoms with Gasteiger partial charge < -0.3 is 4.74 Å². The number of rotatable bonds is 3. The highest BCUT2D eigenvalue weighted by molar-refractivity contribution is 5.70. The Labute approximate surface area is 100 Å². The van der Waals surface area contributed by atoms with Gasteiger partial charge in [0.25, 0.3) is 0 Å². The van der Waals surface area contributed by atoms with Gasteiger partial charge >= 0.3 is 6.09 Å². The summed E-state index contributed by atoms with van der Waals surface area (Å²) < 4.78 is 5.12. The molecule has 1 aromatic rings. The zero-order chi connectivity index (χ0) is 12.3. The van der Waals surface area contributed by atoms with Crippen molar-refractivity contribution < 1.29 is 9.53 Å². The van der Waals surface area contributed by atoms with Gasteiger partial charge in [-0.15, -0.1) is 0 Å². The van der Waals surface area contributed by atoms with Crippen LogP contribution in [0.4, 0.5) is 4.79 Å². The minimum absolute atomic E-state index is 0.0209. The van der Waals surface area contributed by atoms with E-state index in [1.807, 2.05) is 43.3 Å². The maximum absolute atomic E-state index is 11.7. The average Bonchev–Trinajstić information content (AvgIpc) is 2.71. The van der Waals surface area contributed by atoms with Crippen LogP contribution in [0.15, 0.2) is 30.3 Å². The minimum atomic E-state index is -0.332. The number of hydrogen-bond acceptors (Lipinski definition) is 3. The number of amides is 1. The summed E-state index contributed by atoms with van der Waals surface area (Å²) in [5, 5.41) is 8.60. The lowest BCUT2D eigenvalue weighted by atomic mass is 10.1. The topological polar surface area (TPSA) is 53.3 Å². The average molecular weight is 230 g/mol. The molecule has 1 heterocycles. The van der Waals surface area contributed by atoms with Crippen LogP contribution in [-0.2, 0) is 4.74 Å². The van der Waals surface area contributed by atoms with Gasteiger partial charge in [-0.05, 0) is 12.5 Å². The van der Waals surface area contributed by atoms with Gasteiger partial charge in [-0.25, -0.2) is 4.79 Å². The number of cyclic esters (lactones) is 1. The van der Waals surface area contributed by atoms with Crippen molar-refractivity contribution in [1.82, 2.24) is 4.90 Å². The van der Waals surface area contributed by atoms with Gasteiger partial charge in [-0.3, -0.25) is 4.90 Å². The van der Waals surface area contributed by atoms with E-state index in [2.05, 4.69) is 0 Å².